The average molecular weight is 548 g/mol. The van der Waals surface area contributed by atoms with Gasteiger partial charge in [0.1, 0.15) is 0 Å². The lowest BCUT2D eigenvalue weighted by Gasteiger charge is -2.39. The molecular formula is C27H37N3O7S. The van der Waals surface area contributed by atoms with Crippen LogP contribution in [-0.2, 0) is 25.9 Å². The number of hydrogen-bond acceptors (Lipinski definition) is 7. The van der Waals surface area contributed by atoms with E-state index < -0.39 is 40.6 Å². The highest BCUT2D eigenvalue weighted by atomic mass is 32.2. The number of nitrogen functional groups attached to an aromatic ring is 1. The van der Waals surface area contributed by atoms with E-state index in [9.17, 15) is 23.4 Å². The van der Waals surface area contributed by atoms with E-state index >= 15 is 0 Å². The SMILES string of the molecule is CC(C)CN(C[C@@H](O)[C@H](Cc1ccccc1)N(C(=O)O)[C@H]1CO[C@H]2OCC[C@H]21)S(=O)(=O)c1ccc(N)cc1. The van der Waals surface area contributed by atoms with Crippen molar-refractivity contribution in [2.75, 3.05) is 32.0 Å². The van der Waals surface area contributed by atoms with E-state index in [1.165, 1.54) is 33.5 Å². The van der Waals surface area contributed by atoms with Gasteiger partial charge in [-0.2, -0.15) is 4.31 Å². The summed E-state index contributed by atoms with van der Waals surface area (Å²) in [5.74, 6) is -0.185. The number of aliphatic hydroxyl groups excluding tert-OH is 1. The molecule has 0 radical (unpaired) electrons. The summed E-state index contributed by atoms with van der Waals surface area (Å²) in [5.41, 5.74) is 7.02. The summed E-state index contributed by atoms with van der Waals surface area (Å²) in [6.07, 6.45) is -2.11. The molecule has 1 amide bonds. The Morgan fingerprint density at radius 1 is 1.08 bits per heavy atom. The molecule has 10 nitrogen and oxygen atoms in total. The van der Waals surface area contributed by atoms with Crippen LogP contribution in [0.5, 0.6) is 0 Å². The molecule has 0 aliphatic carbocycles. The van der Waals surface area contributed by atoms with Crippen LogP contribution in [0.4, 0.5) is 10.5 Å². The molecule has 2 aliphatic heterocycles. The van der Waals surface area contributed by atoms with Crippen LogP contribution in [0.1, 0.15) is 25.8 Å². The first-order valence-electron chi connectivity index (χ1n) is 12.9. The molecule has 0 saturated carbocycles. The molecule has 208 valence electrons. The Hall–Kier alpha value is -2.70. The Kier molecular flexibility index (Phi) is 8.94. The summed E-state index contributed by atoms with van der Waals surface area (Å²) in [5, 5.41) is 22.0. The number of rotatable bonds is 11. The first-order chi connectivity index (χ1) is 18.1. The predicted octanol–water partition coefficient (Wildman–Crippen LogP) is 2.63. The van der Waals surface area contributed by atoms with Crippen LogP contribution >= 0.6 is 0 Å². The number of nitrogens with two attached hydrogens (primary N) is 1. The van der Waals surface area contributed by atoms with E-state index in [0.717, 1.165) is 5.56 Å². The lowest BCUT2D eigenvalue weighted by Crippen LogP contribution is -2.57. The first-order valence-corrected chi connectivity index (χ1v) is 14.3. The molecule has 2 heterocycles. The molecular weight excluding hydrogens is 510 g/mol. The van der Waals surface area contributed by atoms with Crippen molar-refractivity contribution < 1.29 is 32.9 Å². The highest BCUT2D eigenvalue weighted by Crippen LogP contribution is 2.36. The molecule has 0 bridgehead atoms. The van der Waals surface area contributed by atoms with Gasteiger partial charge < -0.3 is 25.4 Å². The smallest absolute Gasteiger partial charge is 0.407 e. The van der Waals surface area contributed by atoms with Crippen LogP contribution in [0.2, 0.25) is 0 Å². The zero-order valence-electron chi connectivity index (χ0n) is 21.7. The highest BCUT2D eigenvalue weighted by molar-refractivity contribution is 7.89. The topological polar surface area (TPSA) is 143 Å². The molecule has 4 N–H and O–H groups in total. The Bertz CT molecular complexity index is 1180. The normalized spacial score (nSPS) is 22.9. The van der Waals surface area contributed by atoms with E-state index in [4.69, 9.17) is 15.2 Å². The maximum atomic E-state index is 13.6. The van der Waals surface area contributed by atoms with E-state index in [0.29, 0.717) is 18.7 Å². The fourth-order valence-corrected chi connectivity index (χ4v) is 6.95. The van der Waals surface area contributed by atoms with Crippen molar-refractivity contribution in [3.63, 3.8) is 0 Å². The van der Waals surface area contributed by atoms with E-state index in [1.807, 2.05) is 44.2 Å². The van der Waals surface area contributed by atoms with Gasteiger partial charge in [-0.25, -0.2) is 13.2 Å². The Labute approximate surface area is 224 Å². The molecule has 2 fully saturated rings. The maximum absolute atomic E-state index is 13.6. The molecule has 2 aromatic carbocycles. The highest BCUT2D eigenvalue weighted by Gasteiger charge is 2.49. The van der Waals surface area contributed by atoms with Gasteiger partial charge in [-0.3, -0.25) is 4.90 Å². The molecule has 11 heteroatoms. The predicted molar refractivity (Wildman–Crippen MR) is 142 cm³/mol. The first kappa shape index (κ1) is 28.3. The Morgan fingerprint density at radius 3 is 2.39 bits per heavy atom. The zero-order chi connectivity index (χ0) is 27.4. The van der Waals surface area contributed by atoms with Gasteiger partial charge in [0.05, 0.1) is 36.3 Å². The summed E-state index contributed by atoms with van der Waals surface area (Å²) < 4.78 is 39.8. The van der Waals surface area contributed by atoms with Crippen LogP contribution in [0, 0.1) is 11.8 Å². The van der Waals surface area contributed by atoms with Gasteiger partial charge in [0, 0.05) is 24.7 Å². The quantitative estimate of drug-likeness (QED) is 0.365. The lowest BCUT2D eigenvalue weighted by atomic mass is 9.93. The largest absolute Gasteiger partial charge is 0.465 e. The summed E-state index contributed by atoms with van der Waals surface area (Å²) in [7, 11) is -3.99. The second-order valence-electron chi connectivity index (χ2n) is 10.4. The van der Waals surface area contributed by atoms with Gasteiger partial charge >= 0.3 is 6.09 Å². The third kappa shape index (κ3) is 6.29. The fraction of sp³-hybridized carbons (Fsp3) is 0.519. The third-order valence-electron chi connectivity index (χ3n) is 7.15. The van der Waals surface area contributed by atoms with Crippen LogP contribution < -0.4 is 5.73 Å². The van der Waals surface area contributed by atoms with Gasteiger partial charge in [0.15, 0.2) is 6.29 Å². The lowest BCUT2D eigenvalue weighted by molar-refractivity contribution is -0.0906. The monoisotopic (exact) mass is 547 g/mol. The molecule has 2 aliphatic rings. The molecule has 4 rings (SSSR count). The number of anilines is 1. The number of benzene rings is 2. The number of sulfonamides is 1. The Morgan fingerprint density at radius 2 is 1.76 bits per heavy atom. The summed E-state index contributed by atoms with van der Waals surface area (Å²) in [6, 6.07) is 13.8. The minimum atomic E-state index is -3.99. The third-order valence-corrected chi connectivity index (χ3v) is 9.00. The molecule has 2 saturated heterocycles. The van der Waals surface area contributed by atoms with Crippen molar-refractivity contribution in [3.05, 3.63) is 60.2 Å². The van der Waals surface area contributed by atoms with Gasteiger partial charge in [0.2, 0.25) is 10.0 Å². The minimum Gasteiger partial charge on any atom is -0.465 e. The van der Waals surface area contributed by atoms with Crippen molar-refractivity contribution in [2.24, 2.45) is 11.8 Å². The number of amides is 1. The molecule has 0 spiro atoms. The van der Waals surface area contributed by atoms with Crippen molar-refractivity contribution >= 4 is 21.8 Å². The number of carboxylic acid groups (broad SMARTS) is 1. The average Bonchev–Trinajstić information content (AvgIpc) is 3.49. The maximum Gasteiger partial charge on any atom is 0.407 e. The fourth-order valence-electron chi connectivity index (χ4n) is 5.33. The zero-order valence-corrected chi connectivity index (χ0v) is 22.5. The summed E-state index contributed by atoms with van der Waals surface area (Å²) >= 11 is 0. The molecule has 0 unspecified atom stereocenters. The van der Waals surface area contributed by atoms with Crippen molar-refractivity contribution in [3.8, 4) is 0 Å². The minimum absolute atomic E-state index is 0.0338. The van der Waals surface area contributed by atoms with Crippen LogP contribution in [0.25, 0.3) is 0 Å². The number of nitrogens with zero attached hydrogens (tertiary/aromatic N) is 2. The van der Waals surface area contributed by atoms with Crippen molar-refractivity contribution in [1.82, 2.24) is 9.21 Å². The van der Waals surface area contributed by atoms with E-state index in [2.05, 4.69) is 0 Å². The number of fused-ring (bicyclic) bond motifs is 1. The van der Waals surface area contributed by atoms with Crippen LogP contribution in [0.15, 0.2) is 59.5 Å². The molecule has 2 aromatic rings. The molecule has 38 heavy (non-hydrogen) atoms. The van der Waals surface area contributed by atoms with E-state index in [-0.39, 0.29) is 42.8 Å². The summed E-state index contributed by atoms with van der Waals surface area (Å²) in [4.78, 5) is 14.0. The van der Waals surface area contributed by atoms with Gasteiger partial charge in [-0.05, 0) is 48.6 Å². The number of carbonyl (C=O) groups is 1. The van der Waals surface area contributed by atoms with Crippen molar-refractivity contribution in [2.45, 2.75) is 56.1 Å². The van der Waals surface area contributed by atoms with Gasteiger partial charge in [-0.1, -0.05) is 44.2 Å². The van der Waals surface area contributed by atoms with Gasteiger partial charge in [0.25, 0.3) is 0 Å². The second kappa shape index (κ2) is 12.0. The number of hydrogen-bond donors (Lipinski definition) is 3. The van der Waals surface area contributed by atoms with Crippen molar-refractivity contribution in [1.29, 1.82) is 0 Å². The molecule has 0 aromatic heterocycles. The second-order valence-corrected chi connectivity index (χ2v) is 12.3. The van der Waals surface area contributed by atoms with Crippen LogP contribution in [-0.4, -0.2) is 84.7 Å². The van der Waals surface area contributed by atoms with E-state index in [1.54, 1.807) is 0 Å². The number of ether oxygens (including phenoxy) is 2. The molecule has 5 atom stereocenters. The Balaban J connectivity index is 1.67. The number of aliphatic hydroxyl groups is 1. The van der Waals surface area contributed by atoms with Crippen LogP contribution in [0.3, 0.4) is 0 Å². The standard InChI is InChI=1S/C27H37N3O7S/c1-18(2)15-29(38(34,35)21-10-8-20(28)9-11-21)16-25(31)23(14-19-6-4-3-5-7-19)30(27(32)33)24-17-37-26-22(24)12-13-36-26/h3-11,18,22-26,31H,12-17,28H2,1-2H3,(H,32,33)/t22-,23-,24-,25+,26+/m0/s1. The summed E-state index contributed by atoms with van der Waals surface area (Å²) in [6.45, 7) is 4.29. The van der Waals surface area contributed by atoms with Gasteiger partial charge in [-0.15, -0.1) is 0 Å².